The SMILES string of the molecule is COc1ccc(/C(=N/Nc2nc3ccccc3[nH]2)C(=O)O)cc1OC. The number of ether oxygens (including phenoxy) is 2. The van der Waals surface area contributed by atoms with E-state index < -0.39 is 5.97 Å². The minimum Gasteiger partial charge on any atom is -0.493 e. The molecule has 0 aliphatic rings. The van der Waals surface area contributed by atoms with Crippen LogP contribution >= 0.6 is 0 Å². The van der Waals surface area contributed by atoms with Crippen molar-refractivity contribution >= 4 is 28.7 Å². The first-order valence-electron chi connectivity index (χ1n) is 7.36. The van der Waals surface area contributed by atoms with E-state index in [0.29, 0.717) is 23.0 Å². The van der Waals surface area contributed by atoms with E-state index in [2.05, 4.69) is 20.5 Å². The lowest BCUT2D eigenvalue weighted by atomic mass is 10.1. The minimum atomic E-state index is -1.18. The van der Waals surface area contributed by atoms with Gasteiger partial charge in [0.05, 0.1) is 25.3 Å². The third-order valence-electron chi connectivity index (χ3n) is 3.52. The number of rotatable bonds is 6. The zero-order chi connectivity index (χ0) is 17.8. The maximum Gasteiger partial charge on any atom is 0.356 e. The maximum absolute atomic E-state index is 11.6. The number of para-hydroxylation sites is 2. The number of methoxy groups -OCH3 is 2. The van der Waals surface area contributed by atoms with E-state index >= 15 is 0 Å². The summed E-state index contributed by atoms with van der Waals surface area (Å²) in [7, 11) is 2.98. The molecule has 3 N–H and O–H groups in total. The fourth-order valence-electron chi connectivity index (χ4n) is 2.33. The number of hydrogen-bond donors (Lipinski definition) is 3. The van der Waals surface area contributed by atoms with Crippen molar-refractivity contribution in [2.75, 3.05) is 19.6 Å². The molecule has 3 aromatic rings. The van der Waals surface area contributed by atoms with Crippen LogP contribution in [-0.2, 0) is 4.79 Å². The average Bonchev–Trinajstić information content (AvgIpc) is 3.04. The van der Waals surface area contributed by atoms with E-state index in [-0.39, 0.29) is 5.71 Å². The van der Waals surface area contributed by atoms with Gasteiger partial charge in [-0.05, 0) is 30.3 Å². The molecule has 0 saturated heterocycles. The Hall–Kier alpha value is -3.55. The van der Waals surface area contributed by atoms with Crippen LogP contribution in [0.3, 0.4) is 0 Å². The average molecular weight is 340 g/mol. The largest absolute Gasteiger partial charge is 0.493 e. The molecule has 0 unspecified atom stereocenters. The molecule has 128 valence electrons. The molecule has 0 atom stereocenters. The Balaban J connectivity index is 1.92. The second kappa shape index (κ2) is 6.91. The highest BCUT2D eigenvalue weighted by Gasteiger charge is 2.16. The highest BCUT2D eigenvalue weighted by Crippen LogP contribution is 2.28. The number of benzene rings is 2. The summed E-state index contributed by atoms with van der Waals surface area (Å²) in [4.78, 5) is 18.9. The number of hydrazone groups is 1. The normalized spacial score (nSPS) is 11.4. The molecule has 0 amide bonds. The van der Waals surface area contributed by atoms with E-state index in [0.717, 1.165) is 11.0 Å². The summed E-state index contributed by atoms with van der Waals surface area (Å²) in [5, 5.41) is 13.4. The summed E-state index contributed by atoms with van der Waals surface area (Å²) in [5.74, 6) is 0.0789. The van der Waals surface area contributed by atoms with Gasteiger partial charge in [-0.2, -0.15) is 5.10 Å². The number of aliphatic carboxylic acids is 1. The third kappa shape index (κ3) is 3.37. The van der Waals surface area contributed by atoms with Crippen molar-refractivity contribution in [1.29, 1.82) is 0 Å². The number of carboxylic acid groups (broad SMARTS) is 1. The molecule has 8 nitrogen and oxygen atoms in total. The predicted octanol–water partition coefficient (Wildman–Crippen LogP) is 2.48. The predicted molar refractivity (Wildman–Crippen MR) is 93.4 cm³/mol. The zero-order valence-corrected chi connectivity index (χ0v) is 13.6. The van der Waals surface area contributed by atoms with Gasteiger partial charge in [0.15, 0.2) is 17.2 Å². The van der Waals surface area contributed by atoms with Crippen LogP contribution in [0.1, 0.15) is 5.56 Å². The van der Waals surface area contributed by atoms with Crippen LogP contribution in [0.4, 0.5) is 5.95 Å². The van der Waals surface area contributed by atoms with Crippen molar-refractivity contribution in [3.05, 3.63) is 48.0 Å². The van der Waals surface area contributed by atoms with Crippen LogP contribution in [0, 0.1) is 0 Å². The molecule has 0 bridgehead atoms. The summed E-state index contributed by atoms with van der Waals surface area (Å²) >= 11 is 0. The Morgan fingerprint density at radius 3 is 2.60 bits per heavy atom. The number of carbonyl (C=O) groups is 1. The molecule has 0 fully saturated rings. The molecule has 0 aliphatic heterocycles. The molecule has 0 saturated carbocycles. The topological polar surface area (TPSA) is 109 Å². The van der Waals surface area contributed by atoms with Gasteiger partial charge in [0.25, 0.3) is 0 Å². The van der Waals surface area contributed by atoms with Crippen LogP contribution in [0.5, 0.6) is 11.5 Å². The lowest BCUT2D eigenvalue weighted by molar-refractivity contribution is -0.129. The van der Waals surface area contributed by atoms with Gasteiger partial charge < -0.3 is 19.6 Å². The fourth-order valence-corrected chi connectivity index (χ4v) is 2.33. The number of nitrogens with zero attached hydrogens (tertiary/aromatic N) is 2. The van der Waals surface area contributed by atoms with Crippen molar-refractivity contribution in [2.24, 2.45) is 5.10 Å². The Morgan fingerprint density at radius 2 is 1.92 bits per heavy atom. The van der Waals surface area contributed by atoms with Crippen LogP contribution in [0.2, 0.25) is 0 Å². The molecule has 0 radical (unpaired) electrons. The Labute approximate surface area is 143 Å². The van der Waals surface area contributed by atoms with Gasteiger partial charge in [-0.15, -0.1) is 0 Å². The number of hydrogen-bond acceptors (Lipinski definition) is 6. The highest BCUT2D eigenvalue weighted by atomic mass is 16.5. The van der Waals surface area contributed by atoms with Crippen LogP contribution in [0.15, 0.2) is 47.6 Å². The van der Waals surface area contributed by atoms with Crippen molar-refractivity contribution in [3.63, 3.8) is 0 Å². The van der Waals surface area contributed by atoms with Gasteiger partial charge in [-0.25, -0.2) is 15.2 Å². The molecule has 25 heavy (non-hydrogen) atoms. The van der Waals surface area contributed by atoms with Crippen LogP contribution in [0.25, 0.3) is 11.0 Å². The smallest absolute Gasteiger partial charge is 0.356 e. The highest BCUT2D eigenvalue weighted by molar-refractivity contribution is 6.42. The number of carboxylic acids is 1. The molecule has 1 heterocycles. The number of imidazole rings is 1. The first-order valence-corrected chi connectivity index (χ1v) is 7.36. The number of nitrogens with one attached hydrogen (secondary N) is 2. The number of aromatic amines is 1. The van der Waals surface area contributed by atoms with Crippen LogP contribution in [-0.4, -0.2) is 41.0 Å². The molecule has 2 aromatic carbocycles. The standard InChI is InChI=1S/C17H16N4O4/c1-24-13-8-7-10(9-14(13)25-2)15(16(22)23)20-21-17-18-11-5-3-4-6-12(11)19-17/h3-9H,1-2H3,(H,22,23)(H2,18,19,21)/b20-15-. The molecular weight excluding hydrogens is 324 g/mol. The summed E-state index contributed by atoms with van der Waals surface area (Å²) < 4.78 is 10.3. The fraction of sp³-hybridized carbons (Fsp3) is 0.118. The third-order valence-corrected chi connectivity index (χ3v) is 3.52. The zero-order valence-electron chi connectivity index (χ0n) is 13.6. The first-order chi connectivity index (χ1) is 12.1. The van der Waals surface area contributed by atoms with E-state index in [1.807, 2.05) is 24.3 Å². The lowest BCUT2D eigenvalue weighted by Crippen LogP contribution is -2.16. The maximum atomic E-state index is 11.6. The molecule has 0 aliphatic carbocycles. The van der Waals surface area contributed by atoms with E-state index in [1.165, 1.54) is 14.2 Å². The van der Waals surface area contributed by atoms with E-state index in [1.54, 1.807) is 18.2 Å². The Morgan fingerprint density at radius 1 is 1.16 bits per heavy atom. The minimum absolute atomic E-state index is 0.179. The van der Waals surface area contributed by atoms with Crippen molar-refractivity contribution in [1.82, 2.24) is 9.97 Å². The number of aromatic nitrogens is 2. The Kier molecular flexibility index (Phi) is 4.51. The van der Waals surface area contributed by atoms with E-state index in [4.69, 9.17) is 9.47 Å². The molecular formula is C17H16N4O4. The molecule has 1 aromatic heterocycles. The second-order valence-electron chi connectivity index (χ2n) is 5.05. The van der Waals surface area contributed by atoms with Gasteiger partial charge in [0, 0.05) is 5.56 Å². The van der Waals surface area contributed by atoms with Gasteiger partial charge in [0.2, 0.25) is 5.95 Å². The monoisotopic (exact) mass is 340 g/mol. The molecule has 3 rings (SSSR count). The van der Waals surface area contributed by atoms with Gasteiger partial charge >= 0.3 is 5.97 Å². The first kappa shape index (κ1) is 16.3. The summed E-state index contributed by atoms with van der Waals surface area (Å²) in [5.41, 5.74) is 4.41. The van der Waals surface area contributed by atoms with Crippen molar-refractivity contribution < 1.29 is 19.4 Å². The lowest BCUT2D eigenvalue weighted by Gasteiger charge is -2.09. The number of fused-ring (bicyclic) bond motifs is 1. The summed E-state index contributed by atoms with van der Waals surface area (Å²) in [6.45, 7) is 0. The number of anilines is 1. The molecule has 8 heteroatoms. The van der Waals surface area contributed by atoms with Gasteiger partial charge in [0.1, 0.15) is 0 Å². The number of H-pyrrole nitrogens is 1. The van der Waals surface area contributed by atoms with Gasteiger partial charge in [-0.3, -0.25) is 0 Å². The van der Waals surface area contributed by atoms with E-state index in [9.17, 15) is 9.90 Å². The van der Waals surface area contributed by atoms with Crippen LogP contribution < -0.4 is 14.9 Å². The Bertz CT molecular complexity index is 916. The van der Waals surface area contributed by atoms with Crippen molar-refractivity contribution in [2.45, 2.75) is 0 Å². The second-order valence-corrected chi connectivity index (χ2v) is 5.05. The van der Waals surface area contributed by atoms with Crippen molar-refractivity contribution in [3.8, 4) is 11.5 Å². The molecule has 0 spiro atoms. The quantitative estimate of drug-likeness (QED) is 0.470. The summed E-state index contributed by atoms with van der Waals surface area (Å²) in [6, 6.07) is 12.2. The summed E-state index contributed by atoms with van der Waals surface area (Å²) in [6.07, 6.45) is 0. The van der Waals surface area contributed by atoms with Gasteiger partial charge in [-0.1, -0.05) is 12.1 Å².